The summed E-state index contributed by atoms with van der Waals surface area (Å²) in [5.74, 6) is 0.463. The Bertz CT molecular complexity index is 436. The number of aromatic amines is 1. The molecule has 0 unspecified atom stereocenters. The van der Waals surface area contributed by atoms with Crippen LogP contribution in [0.3, 0.4) is 0 Å². The van der Waals surface area contributed by atoms with Crippen LogP contribution in [0.4, 0.5) is 11.6 Å². The molecule has 0 saturated carbocycles. The van der Waals surface area contributed by atoms with Crippen molar-refractivity contribution >= 4 is 23.2 Å². The van der Waals surface area contributed by atoms with Crippen LogP contribution < -0.4 is 0 Å². The highest BCUT2D eigenvalue weighted by molar-refractivity contribution is 6.32. The Labute approximate surface area is 85.7 Å². The number of hydrogen-bond acceptors (Lipinski definition) is 3. The van der Waals surface area contributed by atoms with Crippen molar-refractivity contribution in [2.45, 2.75) is 0 Å². The number of H-pyrrole nitrogens is 1. The number of nitrogens with one attached hydrogen (secondary N) is 1. The Kier molecular flexibility index (Phi) is 2.55. The van der Waals surface area contributed by atoms with Gasteiger partial charge in [0.05, 0.1) is 5.02 Å². The van der Waals surface area contributed by atoms with Gasteiger partial charge in [0.2, 0.25) is 5.95 Å². The minimum absolute atomic E-state index is 0.463. The lowest BCUT2D eigenvalue weighted by atomic mass is 10.3. The fourth-order valence-electron chi connectivity index (χ4n) is 0.946. The lowest BCUT2D eigenvalue weighted by molar-refractivity contribution is 1.12. The van der Waals surface area contributed by atoms with Crippen molar-refractivity contribution in [2.75, 3.05) is 0 Å². The predicted octanol–water partition coefficient (Wildman–Crippen LogP) is 3.48. The van der Waals surface area contributed by atoms with Crippen LogP contribution in [0.2, 0.25) is 5.02 Å². The number of benzene rings is 1. The van der Waals surface area contributed by atoms with E-state index in [0.29, 0.717) is 16.7 Å². The second-order valence-corrected chi connectivity index (χ2v) is 2.97. The highest BCUT2D eigenvalue weighted by Crippen LogP contribution is 2.24. The Morgan fingerprint density at radius 2 is 2.07 bits per heavy atom. The lowest BCUT2D eigenvalue weighted by Crippen LogP contribution is -1.67. The number of imidazole rings is 1. The molecule has 0 spiro atoms. The van der Waals surface area contributed by atoms with E-state index in [9.17, 15) is 0 Å². The molecule has 0 fully saturated rings. The van der Waals surface area contributed by atoms with E-state index in [1.54, 1.807) is 24.5 Å². The molecule has 1 heterocycles. The van der Waals surface area contributed by atoms with Crippen LogP contribution in [0.25, 0.3) is 0 Å². The zero-order valence-electron chi connectivity index (χ0n) is 7.18. The number of azo groups is 1. The topological polar surface area (TPSA) is 53.4 Å². The van der Waals surface area contributed by atoms with Gasteiger partial charge in [-0.15, -0.1) is 10.2 Å². The molecule has 2 rings (SSSR count). The summed E-state index contributed by atoms with van der Waals surface area (Å²) >= 11 is 5.88. The van der Waals surface area contributed by atoms with E-state index < -0.39 is 0 Å². The van der Waals surface area contributed by atoms with Gasteiger partial charge in [-0.3, -0.25) is 0 Å². The minimum atomic E-state index is 0.463. The maximum absolute atomic E-state index is 5.88. The smallest absolute Gasteiger partial charge is 0.246 e. The molecule has 2 aromatic rings. The summed E-state index contributed by atoms with van der Waals surface area (Å²) < 4.78 is 0. The van der Waals surface area contributed by atoms with Crippen LogP contribution in [0.15, 0.2) is 46.9 Å². The summed E-state index contributed by atoms with van der Waals surface area (Å²) in [7, 11) is 0. The van der Waals surface area contributed by atoms with Gasteiger partial charge < -0.3 is 4.98 Å². The maximum atomic E-state index is 5.88. The molecular weight excluding hydrogens is 200 g/mol. The fraction of sp³-hybridized carbons (Fsp3) is 0. The maximum Gasteiger partial charge on any atom is 0.246 e. The molecule has 0 atom stereocenters. The van der Waals surface area contributed by atoms with Crippen LogP contribution in [-0.2, 0) is 0 Å². The molecule has 0 aliphatic rings. The molecule has 1 aromatic carbocycles. The molecule has 0 aliphatic carbocycles. The second-order valence-electron chi connectivity index (χ2n) is 2.56. The quantitative estimate of drug-likeness (QED) is 0.752. The molecule has 5 heteroatoms. The van der Waals surface area contributed by atoms with E-state index in [1.807, 2.05) is 12.1 Å². The first-order valence-electron chi connectivity index (χ1n) is 4.02. The summed E-state index contributed by atoms with van der Waals surface area (Å²) in [6, 6.07) is 7.24. The summed E-state index contributed by atoms with van der Waals surface area (Å²) in [6.45, 7) is 0. The third kappa shape index (κ3) is 1.97. The molecule has 0 amide bonds. The third-order valence-electron chi connectivity index (χ3n) is 1.59. The molecular formula is C9H7ClN4. The summed E-state index contributed by atoms with van der Waals surface area (Å²) in [5.41, 5.74) is 0.630. The first kappa shape index (κ1) is 8.90. The van der Waals surface area contributed by atoms with E-state index in [2.05, 4.69) is 20.2 Å². The van der Waals surface area contributed by atoms with E-state index in [1.165, 1.54) is 0 Å². The summed E-state index contributed by atoms with van der Waals surface area (Å²) in [5, 5.41) is 8.39. The predicted molar refractivity (Wildman–Crippen MR) is 54.2 cm³/mol. The standard InChI is InChI=1S/C9H7ClN4/c10-7-3-1-2-4-8(7)13-14-9-11-5-6-12-9/h1-6H,(H,11,12). The monoisotopic (exact) mass is 206 g/mol. The lowest BCUT2D eigenvalue weighted by Gasteiger charge is -1.93. The van der Waals surface area contributed by atoms with Gasteiger partial charge in [0.1, 0.15) is 5.69 Å². The molecule has 4 nitrogen and oxygen atoms in total. The van der Waals surface area contributed by atoms with Crippen LogP contribution in [0, 0.1) is 0 Å². The van der Waals surface area contributed by atoms with Crippen molar-refractivity contribution in [3.63, 3.8) is 0 Å². The average molecular weight is 207 g/mol. The molecule has 0 radical (unpaired) electrons. The van der Waals surface area contributed by atoms with Crippen LogP contribution in [0.5, 0.6) is 0 Å². The van der Waals surface area contributed by atoms with Gasteiger partial charge in [-0.05, 0) is 12.1 Å². The van der Waals surface area contributed by atoms with Gasteiger partial charge in [0, 0.05) is 12.4 Å². The van der Waals surface area contributed by atoms with Crippen molar-refractivity contribution < 1.29 is 0 Å². The van der Waals surface area contributed by atoms with E-state index in [4.69, 9.17) is 11.6 Å². The largest absolute Gasteiger partial charge is 0.328 e. The van der Waals surface area contributed by atoms with Crippen LogP contribution in [0.1, 0.15) is 0 Å². The SMILES string of the molecule is Clc1ccccc1N=Nc1ncc[nH]1. The number of nitrogens with zero attached hydrogens (tertiary/aromatic N) is 3. The molecule has 0 bridgehead atoms. The average Bonchev–Trinajstić information content (AvgIpc) is 2.69. The van der Waals surface area contributed by atoms with Crippen molar-refractivity contribution in [1.82, 2.24) is 9.97 Å². The molecule has 14 heavy (non-hydrogen) atoms. The Hall–Kier alpha value is -1.68. The van der Waals surface area contributed by atoms with Crippen molar-refractivity contribution in [2.24, 2.45) is 10.2 Å². The van der Waals surface area contributed by atoms with Gasteiger partial charge in [-0.2, -0.15) is 0 Å². The van der Waals surface area contributed by atoms with Crippen LogP contribution in [-0.4, -0.2) is 9.97 Å². The fourth-order valence-corrected chi connectivity index (χ4v) is 1.12. The molecule has 0 aliphatic heterocycles. The van der Waals surface area contributed by atoms with Gasteiger partial charge in [-0.1, -0.05) is 23.7 Å². The van der Waals surface area contributed by atoms with Gasteiger partial charge >= 0.3 is 0 Å². The van der Waals surface area contributed by atoms with E-state index in [0.717, 1.165) is 0 Å². The zero-order chi connectivity index (χ0) is 9.80. The van der Waals surface area contributed by atoms with Crippen molar-refractivity contribution in [3.05, 3.63) is 41.7 Å². The Morgan fingerprint density at radius 3 is 2.79 bits per heavy atom. The number of aromatic nitrogens is 2. The van der Waals surface area contributed by atoms with Crippen molar-refractivity contribution in [3.8, 4) is 0 Å². The molecule has 70 valence electrons. The van der Waals surface area contributed by atoms with E-state index >= 15 is 0 Å². The van der Waals surface area contributed by atoms with Crippen LogP contribution >= 0.6 is 11.6 Å². The van der Waals surface area contributed by atoms with E-state index in [-0.39, 0.29) is 0 Å². The minimum Gasteiger partial charge on any atom is -0.328 e. The van der Waals surface area contributed by atoms with Gasteiger partial charge in [0.15, 0.2) is 0 Å². The number of halogens is 1. The number of hydrogen-bond donors (Lipinski definition) is 1. The summed E-state index contributed by atoms with van der Waals surface area (Å²) in [6.07, 6.45) is 3.29. The second kappa shape index (κ2) is 4.02. The first-order chi connectivity index (χ1) is 6.86. The summed E-state index contributed by atoms with van der Waals surface area (Å²) in [4.78, 5) is 6.71. The Morgan fingerprint density at radius 1 is 1.21 bits per heavy atom. The third-order valence-corrected chi connectivity index (χ3v) is 1.91. The normalized spacial score (nSPS) is 10.9. The highest BCUT2D eigenvalue weighted by Gasteiger charge is 1.96. The molecule has 1 aromatic heterocycles. The zero-order valence-corrected chi connectivity index (χ0v) is 7.94. The van der Waals surface area contributed by atoms with Crippen molar-refractivity contribution in [1.29, 1.82) is 0 Å². The van der Waals surface area contributed by atoms with Gasteiger partial charge in [0.25, 0.3) is 0 Å². The number of rotatable bonds is 2. The van der Waals surface area contributed by atoms with Gasteiger partial charge in [-0.25, -0.2) is 4.98 Å². The molecule has 0 saturated heterocycles. The highest BCUT2D eigenvalue weighted by atomic mass is 35.5. The molecule has 1 N–H and O–H groups in total. The first-order valence-corrected chi connectivity index (χ1v) is 4.40. The Balaban J connectivity index is 2.23.